The van der Waals surface area contributed by atoms with Crippen molar-refractivity contribution in [1.82, 2.24) is 15.2 Å². The van der Waals surface area contributed by atoms with Crippen molar-refractivity contribution in [3.8, 4) is 16.3 Å². The molecule has 0 unspecified atom stereocenters. The summed E-state index contributed by atoms with van der Waals surface area (Å²) in [6.45, 7) is 6.65. The lowest BCUT2D eigenvalue weighted by molar-refractivity contribution is -0.130. The van der Waals surface area contributed by atoms with Gasteiger partial charge in [0.25, 0.3) is 0 Å². The van der Waals surface area contributed by atoms with Gasteiger partial charge in [0.2, 0.25) is 5.91 Å². The number of benzene rings is 1. The van der Waals surface area contributed by atoms with Crippen LogP contribution in [0.4, 0.5) is 0 Å². The van der Waals surface area contributed by atoms with Crippen LogP contribution < -0.4 is 10.1 Å². The molecule has 3 heterocycles. The van der Waals surface area contributed by atoms with E-state index in [4.69, 9.17) is 9.72 Å². The fraction of sp³-hybridized carbons (Fsp3) is 0.524. The van der Waals surface area contributed by atoms with Crippen LogP contribution in [0.1, 0.15) is 25.5 Å². The molecular formula is C21H27N3O2S. The van der Waals surface area contributed by atoms with E-state index in [1.165, 1.54) is 0 Å². The molecule has 4 rings (SSSR count). The Bertz CT molecular complexity index is 760. The number of nitrogens with one attached hydrogen (secondary N) is 1. The van der Waals surface area contributed by atoms with Gasteiger partial charge in [0, 0.05) is 24.0 Å². The van der Waals surface area contributed by atoms with Crippen LogP contribution in [0.25, 0.3) is 10.6 Å². The smallest absolute Gasteiger partial charge is 0.228 e. The van der Waals surface area contributed by atoms with E-state index in [-0.39, 0.29) is 5.91 Å². The Morgan fingerprint density at radius 1 is 1.22 bits per heavy atom. The molecule has 2 atom stereocenters. The predicted molar refractivity (Wildman–Crippen MR) is 108 cm³/mol. The third kappa shape index (κ3) is 4.33. The quantitative estimate of drug-likeness (QED) is 0.859. The fourth-order valence-corrected chi connectivity index (χ4v) is 4.94. The molecule has 0 saturated carbocycles. The first-order valence-electron chi connectivity index (χ1n) is 9.89. The molecule has 6 heteroatoms. The average molecular weight is 386 g/mol. The van der Waals surface area contributed by atoms with Crippen LogP contribution >= 0.6 is 11.3 Å². The monoisotopic (exact) mass is 385 g/mol. The maximum absolute atomic E-state index is 12.8. The number of ether oxygens (including phenoxy) is 1. The van der Waals surface area contributed by atoms with Crippen LogP contribution in [-0.4, -0.2) is 48.6 Å². The Labute approximate surface area is 164 Å². The Kier molecular flexibility index (Phi) is 5.74. The average Bonchev–Trinajstić information content (AvgIpc) is 3.28. The van der Waals surface area contributed by atoms with Gasteiger partial charge in [-0.15, -0.1) is 11.3 Å². The summed E-state index contributed by atoms with van der Waals surface area (Å²) in [6, 6.07) is 7.98. The summed E-state index contributed by atoms with van der Waals surface area (Å²) in [5.74, 6) is 2.57. The van der Waals surface area contributed by atoms with Crippen molar-refractivity contribution < 1.29 is 9.53 Å². The molecule has 0 spiro atoms. The maximum Gasteiger partial charge on any atom is 0.228 e. The molecule has 1 aromatic heterocycles. The number of fused-ring (bicyclic) bond motifs is 1. The fourth-order valence-electron chi connectivity index (χ4n) is 4.12. The maximum atomic E-state index is 12.8. The molecule has 1 N–H and O–H groups in total. The highest BCUT2D eigenvalue weighted by Crippen LogP contribution is 2.28. The van der Waals surface area contributed by atoms with Crippen molar-refractivity contribution in [3.63, 3.8) is 0 Å². The minimum absolute atomic E-state index is 0.214. The van der Waals surface area contributed by atoms with Gasteiger partial charge >= 0.3 is 0 Å². The Hall–Kier alpha value is -1.92. The van der Waals surface area contributed by atoms with Crippen LogP contribution in [0.2, 0.25) is 0 Å². The molecule has 2 fully saturated rings. The minimum Gasteiger partial charge on any atom is -0.494 e. The highest BCUT2D eigenvalue weighted by Gasteiger charge is 2.31. The number of likely N-dealkylation sites (tertiary alicyclic amines) is 1. The number of hydrogen-bond acceptors (Lipinski definition) is 5. The molecule has 0 aliphatic carbocycles. The second kappa shape index (κ2) is 8.40. The Morgan fingerprint density at radius 2 is 1.93 bits per heavy atom. The Morgan fingerprint density at radius 3 is 2.59 bits per heavy atom. The zero-order valence-electron chi connectivity index (χ0n) is 15.8. The number of hydrogen-bond donors (Lipinski definition) is 1. The molecule has 0 radical (unpaired) electrons. The zero-order valence-corrected chi connectivity index (χ0v) is 16.6. The molecular weight excluding hydrogens is 358 g/mol. The number of thiazole rings is 1. The lowest BCUT2D eigenvalue weighted by Crippen LogP contribution is -2.34. The summed E-state index contributed by atoms with van der Waals surface area (Å²) >= 11 is 1.60. The normalized spacial score (nSPS) is 22.3. The molecule has 2 saturated heterocycles. The molecule has 2 aliphatic rings. The topological polar surface area (TPSA) is 54.5 Å². The largest absolute Gasteiger partial charge is 0.494 e. The van der Waals surface area contributed by atoms with E-state index in [2.05, 4.69) is 5.32 Å². The van der Waals surface area contributed by atoms with E-state index in [0.717, 1.165) is 72.9 Å². The number of amides is 1. The number of carbonyl (C=O) groups is 1. The third-order valence-corrected chi connectivity index (χ3v) is 6.61. The third-order valence-electron chi connectivity index (χ3n) is 5.67. The van der Waals surface area contributed by atoms with Crippen molar-refractivity contribution in [1.29, 1.82) is 0 Å². The van der Waals surface area contributed by atoms with Crippen LogP contribution in [0, 0.1) is 11.8 Å². The number of aromatic nitrogens is 1. The van der Waals surface area contributed by atoms with Crippen LogP contribution in [0.15, 0.2) is 29.6 Å². The molecule has 27 heavy (non-hydrogen) atoms. The summed E-state index contributed by atoms with van der Waals surface area (Å²) in [6.07, 6.45) is 2.65. The molecule has 5 nitrogen and oxygen atoms in total. The van der Waals surface area contributed by atoms with Gasteiger partial charge in [-0.25, -0.2) is 4.98 Å². The Balaban J connectivity index is 1.36. The van der Waals surface area contributed by atoms with Crippen molar-refractivity contribution in [2.75, 3.05) is 32.8 Å². The van der Waals surface area contributed by atoms with Gasteiger partial charge < -0.3 is 15.0 Å². The number of nitrogens with zero attached hydrogens (tertiary/aromatic N) is 2. The van der Waals surface area contributed by atoms with Crippen LogP contribution in [-0.2, 0) is 11.2 Å². The summed E-state index contributed by atoms with van der Waals surface area (Å²) in [7, 11) is 0. The van der Waals surface area contributed by atoms with Gasteiger partial charge in [-0.05, 0) is 69.0 Å². The lowest BCUT2D eigenvalue weighted by Gasteiger charge is -2.20. The number of rotatable bonds is 5. The highest BCUT2D eigenvalue weighted by atomic mass is 32.1. The molecule has 1 amide bonds. The second-order valence-electron chi connectivity index (χ2n) is 7.41. The van der Waals surface area contributed by atoms with Crippen LogP contribution in [0.3, 0.4) is 0 Å². The van der Waals surface area contributed by atoms with Crippen molar-refractivity contribution in [2.24, 2.45) is 11.8 Å². The van der Waals surface area contributed by atoms with Gasteiger partial charge in [0.1, 0.15) is 10.8 Å². The predicted octanol–water partition coefficient (Wildman–Crippen LogP) is 3.21. The standard InChI is InChI=1S/C21H27N3O2S/c1-2-26-19-5-3-15(4-6-19)21-23-18(14-27-21)11-20(25)24-9-7-16-12-22-13-17(16)8-10-24/h3-6,14,16-17,22H,2,7-13H2,1H3/t16-,17+. The molecule has 2 aromatic rings. The summed E-state index contributed by atoms with van der Waals surface area (Å²) in [5.41, 5.74) is 1.94. The van der Waals surface area contributed by atoms with Gasteiger partial charge in [0.05, 0.1) is 18.7 Å². The van der Waals surface area contributed by atoms with Gasteiger partial charge in [-0.2, -0.15) is 0 Å². The van der Waals surface area contributed by atoms with Gasteiger partial charge in [0.15, 0.2) is 0 Å². The number of carbonyl (C=O) groups excluding carboxylic acids is 1. The summed E-state index contributed by atoms with van der Waals surface area (Å²) < 4.78 is 5.49. The van der Waals surface area contributed by atoms with Crippen molar-refractivity contribution >= 4 is 17.2 Å². The van der Waals surface area contributed by atoms with Crippen molar-refractivity contribution in [2.45, 2.75) is 26.2 Å². The minimum atomic E-state index is 0.214. The van der Waals surface area contributed by atoms with E-state index in [1.54, 1.807) is 11.3 Å². The van der Waals surface area contributed by atoms with E-state index in [0.29, 0.717) is 13.0 Å². The van der Waals surface area contributed by atoms with E-state index < -0.39 is 0 Å². The molecule has 144 valence electrons. The first kappa shape index (κ1) is 18.4. The van der Waals surface area contributed by atoms with Crippen LogP contribution in [0.5, 0.6) is 5.75 Å². The molecule has 2 aliphatic heterocycles. The highest BCUT2D eigenvalue weighted by molar-refractivity contribution is 7.13. The first-order valence-corrected chi connectivity index (χ1v) is 10.8. The summed E-state index contributed by atoms with van der Waals surface area (Å²) in [5, 5.41) is 6.45. The first-order chi connectivity index (χ1) is 13.2. The van der Waals surface area contributed by atoms with Gasteiger partial charge in [-0.1, -0.05) is 0 Å². The zero-order chi connectivity index (χ0) is 18.6. The van der Waals surface area contributed by atoms with E-state index in [1.807, 2.05) is 41.5 Å². The lowest BCUT2D eigenvalue weighted by atomic mass is 9.92. The van der Waals surface area contributed by atoms with Crippen molar-refractivity contribution in [3.05, 3.63) is 35.3 Å². The van der Waals surface area contributed by atoms with E-state index in [9.17, 15) is 4.79 Å². The molecule has 0 bridgehead atoms. The van der Waals surface area contributed by atoms with Gasteiger partial charge in [-0.3, -0.25) is 4.79 Å². The summed E-state index contributed by atoms with van der Waals surface area (Å²) in [4.78, 5) is 19.5. The van der Waals surface area contributed by atoms with E-state index >= 15 is 0 Å². The molecule has 1 aromatic carbocycles. The second-order valence-corrected chi connectivity index (χ2v) is 8.27. The SMILES string of the molecule is CCOc1ccc(-c2nc(CC(=O)N3CC[C@@H]4CNC[C@@H]4CC3)cs2)cc1.